The maximum absolute atomic E-state index is 12.3. The molecular formula is C18H25N7O2. The molecule has 1 fully saturated rings. The standard InChI is InChI=1S/C18H25N7O2/c1-18(2,22-17(27)21-12-7-5-4-6-8-12)15-11-25(24-23-15)13-9-14(20-10-13)16(26)19-3/h4-8,11,13-14,20H,9-10H2,1-3H3,(H,19,26)(H2,21,22,27)/t13-,14+/m1/s1. The molecule has 3 amide bonds. The summed E-state index contributed by atoms with van der Waals surface area (Å²) in [6, 6.07) is 8.73. The number of anilines is 1. The van der Waals surface area contributed by atoms with Crippen LogP contribution in [-0.2, 0) is 10.3 Å². The Balaban J connectivity index is 1.62. The van der Waals surface area contributed by atoms with E-state index in [1.165, 1.54) is 0 Å². The topological polar surface area (TPSA) is 113 Å². The molecule has 0 radical (unpaired) electrons. The molecule has 0 saturated carbocycles. The van der Waals surface area contributed by atoms with E-state index in [1.54, 1.807) is 11.7 Å². The number of likely N-dealkylation sites (N-methyl/N-ethyl adjacent to an activating group) is 1. The fourth-order valence-electron chi connectivity index (χ4n) is 3.07. The summed E-state index contributed by atoms with van der Waals surface area (Å²) in [6.45, 7) is 4.38. The molecule has 0 aliphatic carbocycles. The van der Waals surface area contributed by atoms with Crippen molar-refractivity contribution in [1.29, 1.82) is 0 Å². The van der Waals surface area contributed by atoms with Crippen LogP contribution in [0.2, 0.25) is 0 Å². The molecule has 1 aromatic carbocycles. The van der Waals surface area contributed by atoms with Gasteiger partial charge in [0.25, 0.3) is 0 Å². The van der Waals surface area contributed by atoms with E-state index in [1.807, 2.05) is 50.4 Å². The maximum Gasteiger partial charge on any atom is 0.319 e. The summed E-state index contributed by atoms with van der Waals surface area (Å²) in [7, 11) is 1.62. The lowest BCUT2D eigenvalue weighted by atomic mass is 10.0. The predicted molar refractivity (Wildman–Crippen MR) is 101 cm³/mol. The second-order valence-corrected chi connectivity index (χ2v) is 7.12. The molecule has 9 heteroatoms. The van der Waals surface area contributed by atoms with Crippen molar-refractivity contribution in [2.45, 2.75) is 37.9 Å². The third-order valence-corrected chi connectivity index (χ3v) is 4.65. The van der Waals surface area contributed by atoms with Gasteiger partial charge in [-0.25, -0.2) is 9.48 Å². The van der Waals surface area contributed by atoms with Gasteiger partial charge in [-0.1, -0.05) is 23.4 Å². The molecule has 2 aromatic rings. The minimum absolute atomic E-state index is 0.0302. The lowest BCUT2D eigenvalue weighted by Gasteiger charge is -2.24. The molecule has 0 bridgehead atoms. The Bertz CT molecular complexity index is 803. The second-order valence-electron chi connectivity index (χ2n) is 7.12. The smallest absolute Gasteiger partial charge is 0.319 e. The minimum atomic E-state index is -0.705. The highest BCUT2D eigenvalue weighted by Crippen LogP contribution is 2.23. The molecule has 2 heterocycles. The lowest BCUT2D eigenvalue weighted by molar-refractivity contribution is -0.122. The highest BCUT2D eigenvalue weighted by atomic mass is 16.2. The van der Waals surface area contributed by atoms with Crippen LogP contribution in [0.15, 0.2) is 36.5 Å². The summed E-state index contributed by atoms with van der Waals surface area (Å²) >= 11 is 0. The number of nitrogens with one attached hydrogen (secondary N) is 4. The van der Waals surface area contributed by atoms with Gasteiger partial charge in [-0.05, 0) is 32.4 Å². The summed E-state index contributed by atoms with van der Waals surface area (Å²) in [5, 5.41) is 20.0. The first kappa shape index (κ1) is 18.8. The Morgan fingerprint density at radius 2 is 2.00 bits per heavy atom. The van der Waals surface area contributed by atoms with Gasteiger partial charge in [0.2, 0.25) is 5.91 Å². The van der Waals surface area contributed by atoms with Crippen LogP contribution in [0.3, 0.4) is 0 Å². The molecule has 1 aliphatic heterocycles. The number of carbonyl (C=O) groups excluding carboxylic acids is 2. The van der Waals surface area contributed by atoms with Crippen molar-refractivity contribution in [2.24, 2.45) is 0 Å². The molecule has 3 rings (SSSR count). The van der Waals surface area contributed by atoms with Crippen LogP contribution in [0.25, 0.3) is 0 Å². The third kappa shape index (κ3) is 4.43. The molecule has 4 N–H and O–H groups in total. The average molecular weight is 371 g/mol. The van der Waals surface area contributed by atoms with Gasteiger partial charge >= 0.3 is 6.03 Å². The van der Waals surface area contributed by atoms with Crippen molar-refractivity contribution in [3.8, 4) is 0 Å². The monoisotopic (exact) mass is 371 g/mol. The van der Waals surface area contributed by atoms with Gasteiger partial charge < -0.3 is 21.3 Å². The van der Waals surface area contributed by atoms with Crippen molar-refractivity contribution >= 4 is 17.6 Å². The van der Waals surface area contributed by atoms with Gasteiger partial charge in [0.1, 0.15) is 5.69 Å². The second kappa shape index (κ2) is 7.75. The van der Waals surface area contributed by atoms with Crippen LogP contribution in [0.1, 0.15) is 32.0 Å². The Kier molecular flexibility index (Phi) is 5.41. The average Bonchev–Trinajstić information content (AvgIpc) is 3.31. The number of nitrogens with zero attached hydrogens (tertiary/aromatic N) is 3. The highest BCUT2D eigenvalue weighted by molar-refractivity contribution is 5.89. The fourth-order valence-corrected chi connectivity index (χ4v) is 3.07. The Morgan fingerprint density at radius 1 is 1.26 bits per heavy atom. The summed E-state index contributed by atoms with van der Waals surface area (Å²) in [4.78, 5) is 24.0. The van der Waals surface area contributed by atoms with Crippen molar-refractivity contribution in [1.82, 2.24) is 30.9 Å². The zero-order valence-electron chi connectivity index (χ0n) is 15.7. The third-order valence-electron chi connectivity index (χ3n) is 4.65. The van der Waals surface area contributed by atoms with E-state index in [4.69, 9.17) is 0 Å². The number of rotatable bonds is 5. The van der Waals surface area contributed by atoms with E-state index >= 15 is 0 Å². The molecule has 0 spiro atoms. The normalized spacial score (nSPS) is 19.5. The molecule has 1 aromatic heterocycles. The van der Waals surface area contributed by atoms with Crippen LogP contribution < -0.4 is 21.3 Å². The zero-order chi connectivity index (χ0) is 19.4. The first-order valence-electron chi connectivity index (χ1n) is 8.90. The van der Waals surface area contributed by atoms with E-state index in [9.17, 15) is 9.59 Å². The number of urea groups is 1. The van der Waals surface area contributed by atoms with Crippen molar-refractivity contribution in [3.63, 3.8) is 0 Å². The largest absolute Gasteiger partial charge is 0.358 e. The number of aromatic nitrogens is 3. The van der Waals surface area contributed by atoms with E-state index in [0.717, 1.165) is 0 Å². The molecule has 1 aliphatic rings. The Morgan fingerprint density at radius 3 is 2.70 bits per heavy atom. The van der Waals surface area contributed by atoms with Gasteiger partial charge in [-0.3, -0.25) is 4.79 Å². The van der Waals surface area contributed by atoms with Crippen LogP contribution in [0.5, 0.6) is 0 Å². The zero-order valence-corrected chi connectivity index (χ0v) is 15.7. The van der Waals surface area contributed by atoms with Gasteiger partial charge in [-0.15, -0.1) is 5.10 Å². The van der Waals surface area contributed by atoms with Crippen molar-refractivity contribution < 1.29 is 9.59 Å². The first-order valence-corrected chi connectivity index (χ1v) is 8.90. The summed E-state index contributed by atoms with van der Waals surface area (Å²) in [6.07, 6.45) is 2.46. The SMILES string of the molecule is CNC(=O)[C@@H]1C[C@@H](n2cc(C(C)(C)NC(=O)Nc3ccccc3)nn2)CN1. The lowest BCUT2D eigenvalue weighted by Crippen LogP contribution is -2.43. The minimum Gasteiger partial charge on any atom is -0.358 e. The molecule has 0 unspecified atom stereocenters. The fraction of sp³-hybridized carbons (Fsp3) is 0.444. The van der Waals surface area contributed by atoms with Gasteiger partial charge in [-0.2, -0.15) is 0 Å². The number of carbonyl (C=O) groups is 2. The van der Waals surface area contributed by atoms with Crippen LogP contribution in [-0.4, -0.2) is 46.6 Å². The van der Waals surface area contributed by atoms with E-state index < -0.39 is 5.54 Å². The van der Waals surface area contributed by atoms with Crippen molar-refractivity contribution in [3.05, 3.63) is 42.2 Å². The van der Waals surface area contributed by atoms with Gasteiger partial charge in [0.15, 0.2) is 0 Å². The summed E-state index contributed by atoms with van der Waals surface area (Å²) in [5.74, 6) is -0.0302. The quantitative estimate of drug-likeness (QED) is 0.626. The number of hydrogen-bond acceptors (Lipinski definition) is 5. The first-order chi connectivity index (χ1) is 12.9. The highest BCUT2D eigenvalue weighted by Gasteiger charge is 2.32. The van der Waals surface area contributed by atoms with E-state index in [0.29, 0.717) is 24.3 Å². The summed E-state index contributed by atoms with van der Waals surface area (Å²) in [5.41, 5.74) is 0.657. The molecule has 144 valence electrons. The molecule has 1 saturated heterocycles. The predicted octanol–water partition coefficient (Wildman–Crippen LogP) is 0.984. The van der Waals surface area contributed by atoms with Crippen LogP contribution >= 0.6 is 0 Å². The van der Waals surface area contributed by atoms with Crippen LogP contribution in [0, 0.1) is 0 Å². The van der Waals surface area contributed by atoms with Gasteiger partial charge in [0.05, 0.1) is 23.8 Å². The van der Waals surface area contributed by atoms with Crippen LogP contribution in [0.4, 0.5) is 10.5 Å². The molecule has 27 heavy (non-hydrogen) atoms. The maximum atomic E-state index is 12.3. The number of para-hydroxylation sites is 1. The van der Waals surface area contributed by atoms with E-state index in [2.05, 4.69) is 31.6 Å². The Labute approximate surface area is 157 Å². The molecule has 2 atom stereocenters. The molecular weight excluding hydrogens is 346 g/mol. The van der Waals surface area contributed by atoms with E-state index in [-0.39, 0.29) is 24.0 Å². The Hall–Kier alpha value is -2.94. The number of amides is 3. The van der Waals surface area contributed by atoms with Gasteiger partial charge in [0, 0.05) is 19.3 Å². The number of benzene rings is 1. The number of hydrogen-bond donors (Lipinski definition) is 4. The van der Waals surface area contributed by atoms with Crippen molar-refractivity contribution in [2.75, 3.05) is 18.9 Å². The molecule has 9 nitrogen and oxygen atoms in total. The summed E-state index contributed by atoms with van der Waals surface area (Å²) < 4.78 is 1.75.